The first kappa shape index (κ1) is 16.0. The molecule has 0 spiro atoms. The van der Waals surface area contributed by atoms with E-state index >= 15 is 0 Å². The van der Waals surface area contributed by atoms with E-state index in [4.69, 9.17) is 4.74 Å². The summed E-state index contributed by atoms with van der Waals surface area (Å²) in [7, 11) is 0. The van der Waals surface area contributed by atoms with Crippen molar-refractivity contribution >= 4 is 0 Å². The molecule has 1 aromatic rings. The summed E-state index contributed by atoms with van der Waals surface area (Å²) in [4.78, 5) is 0. The highest BCUT2D eigenvalue weighted by molar-refractivity contribution is 5.28. The van der Waals surface area contributed by atoms with Crippen molar-refractivity contribution in [1.82, 2.24) is 5.32 Å². The highest BCUT2D eigenvalue weighted by atomic mass is 16.5. The second-order valence-corrected chi connectivity index (χ2v) is 5.15. The Bertz CT molecular complexity index is 321. The maximum absolute atomic E-state index is 5.59. The Labute approximate surface area is 118 Å². The van der Waals surface area contributed by atoms with Crippen LogP contribution in [0, 0.1) is 0 Å². The second-order valence-electron chi connectivity index (χ2n) is 5.15. The Morgan fingerprint density at radius 2 is 1.74 bits per heavy atom. The van der Waals surface area contributed by atoms with Crippen LogP contribution in [0.15, 0.2) is 24.3 Å². The fourth-order valence-corrected chi connectivity index (χ4v) is 2.06. The SMILES string of the molecule is CCCCCCNC(C)c1ccc(OCCC)cc1. The van der Waals surface area contributed by atoms with E-state index < -0.39 is 0 Å². The lowest BCUT2D eigenvalue weighted by molar-refractivity contribution is 0.317. The number of benzene rings is 1. The second kappa shape index (κ2) is 9.85. The van der Waals surface area contributed by atoms with Gasteiger partial charge in [-0.3, -0.25) is 0 Å². The summed E-state index contributed by atoms with van der Waals surface area (Å²) >= 11 is 0. The van der Waals surface area contributed by atoms with E-state index in [0.29, 0.717) is 6.04 Å². The molecule has 0 aliphatic carbocycles. The van der Waals surface area contributed by atoms with Crippen LogP contribution in [0.1, 0.15) is 64.5 Å². The van der Waals surface area contributed by atoms with Gasteiger partial charge in [-0.15, -0.1) is 0 Å². The molecule has 0 aromatic heterocycles. The van der Waals surface area contributed by atoms with Gasteiger partial charge in [-0.1, -0.05) is 45.2 Å². The van der Waals surface area contributed by atoms with E-state index in [1.807, 2.05) is 0 Å². The summed E-state index contributed by atoms with van der Waals surface area (Å²) in [5.74, 6) is 0.973. The normalized spacial score (nSPS) is 12.4. The Morgan fingerprint density at radius 1 is 1.00 bits per heavy atom. The molecule has 0 saturated heterocycles. The number of rotatable bonds is 10. The van der Waals surface area contributed by atoms with Crippen LogP contribution < -0.4 is 10.1 Å². The third kappa shape index (κ3) is 6.63. The number of nitrogens with one attached hydrogen (secondary N) is 1. The molecule has 0 fully saturated rings. The van der Waals surface area contributed by atoms with Crippen molar-refractivity contribution in [3.63, 3.8) is 0 Å². The predicted octanol–water partition coefficient (Wildman–Crippen LogP) is 4.71. The van der Waals surface area contributed by atoms with E-state index in [0.717, 1.165) is 25.3 Å². The van der Waals surface area contributed by atoms with Crippen molar-refractivity contribution in [1.29, 1.82) is 0 Å². The summed E-state index contributed by atoms with van der Waals surface area (Å²) in [6.45, 7) is 8.50. The Balaban J connectivity index is 2.29. The summed E-state index contributed by atoms with van der Waals surface area (Å²) in [5.41, 5.74) is 1.33. The molecule has 0 amide bonds. The average molecular weight is 263 g/mol. The van der Waals surface area contributed by atoms with Crippen molar-refractivity contribution in [2.24, 2.45) is 0 Å². The maximum Gasteiger partial charge on any atom is 0.119 e. The van der Waals surface area contributed by atoms with Crippen molar-refractivity contribution in [2.75, 3.05) is 13.2 Å². The quantitative estimate of drug-likeness (QED) is 0.617. The fraction of sp³-hybridized carbons (Fsp3) is 0.647. The predicted molar refractivity (Wildman–Crippen MR) is 82.8 cm³/mol. The highest BCUT2D eigenvalue weighted by Gasteiger charge is 2.04. The van der Waals surface area contributed by atoms with Gasteiger partial charge in [0.1, 0.15) is 5.75 Å². The number of ether oxygens (including phenoxy) is 1. The molecule has 1 aromatic carbocycles. The van der Waals surface area contributed by atoms with Crippen LogP contribution in [0.2, 0.25) is 0 Å². The molecule has 0 aliphatic rings. The topological polar surface area (TPSA) is 21.3 Å². The van der Waals surface area contributed by atoms with Crippen molar-refractivity contribution < 1.29 is 4.74 Å². The van der Waals surface area contributed by atoms with Crippen LogP contribution in [0.4, 0.5) is 0 Å². The third-order valence-corrected chi connectivity index (χ3v) is 3.33. The molecule has 19 heavy (non-hydrogen) atoms. The Hall–Kier alpha value is -1.02. The van der Waals surface area contributed by atoms with E-state index in [9.17, 15) is 0 Å². The minimum absolute atomic E-state index is 0.418. The standard InChI is InChI=1S/C17H29NO/c1-4-6-7-8-13-18-15(3)16-9-11-17(12-10-16)19-14-5-2/h9-12,15,18H,4-8,13-14H2,1-3H3. The van der Waals surface area contributed by atoms with Crippen LogP contribution >= 0.6 is 0 Å². The molecule has 2 nitrogen and oxygen atoms in total. The monoisotopic (exact) mass is 263 g/mol. The molecule has 0 bridgehead atoms. The molecule has 0 aliphatic heterocycles. The largest absolute Gasteiger partial charge is 0.494 e. The van der Waals surface area contributed by atoms with E-state index in [1.165, 1.54) is 31.2 Å². The zero-order valence-corrected chi connectivity index (χ0v) is 12.7. The van der Waals surface area contributed by atoms with Crippen LogP contribution in [0.3, 0.4) is 0 Å². The van der Waals surface area contributed by atoms with Crippen LogP contribution in [-0.4, -0.2) is 13.2 Å². The van der Waals surface area contributed by atoms with Crippen molar-refractivity contribution in [3.05, 3.63) is 29.8 Å². The van der Waals surface area contributed by atoms with Gasteiger partial charge in [0.25, 0.3) is 0 Å². The van der Waals surface area contributed by atoms with Gasteiger partial charge in [0.15, 0.2) is 0 Å². The first-order valence-electron chi connectivity index (χ1n) is 7.74. The molecule has 1 rings (SSSR count). The minimum Gasteiger partial charge on any atom is -0.494 e. The Morgan fingerprint density at radius 3 is 2.37 bits per heavy atom. The summed E-state index contributed by atoms with van der Waals surface area (Å²) in [5, 5.41) is 3.58. The average Bonchev–Trinajstić information content (AvgIpc) is 2.45. The van der Waals surface area contributed by atoms with Crippen molar-refractivity contribution in [2.45, 2.75) is 58.9 Å². The fourth-order valence-electron chi connectivity index (χ4n) is 2.06. The van der Waals surface area contributed by atoms with Gasteiger partial charge in [0.2, 0.25) is 0 Å². The van der Waals surface area contributed by atoms with Crippen molar-refractivity contribution in [3.8, 4) is 5.75 Å². The molecule has 2 heteroatoms. The zero-order valence-electron chi connectivity index (χ0n) is 12.7. The van der Waals surface area contributed by atoms with E-state index in [-0.39, 0.29) is 0 Å². The smallest absolute Gasteiger partial charge is 0.119 e. The summed E-state index contributed by atoms with van der Waals surface area (Å²) in [6.07, 6.45) is 6.31. The van der Waals surface area contributed by atoms with E-state index in [1.54, 1.807) is 0 Å². The lowest BCUT2D eigenvalue weighted by atomic mass is 10.1. The van der Waals surface area contributed by atoms with Crippen LogP contribution in [-0.2, 0) is 0 Å². The highest BCUT2D eigenvalue weighted by Crippen LogP contribution is 2.17. The van der Waals surface area contributed by atoms with Crippen LogP contribution in [0.25, 0.3) is 0 Å². The van der Waals surface area contributed by atoms with Gasteiger partial charge in [-0.25, -0.2) is 0 Å². The molecule has 1 unspecified atom stereocenters. The van der Waals surface area contributed by atoms with Gasteiger partial charge in [-0.2, -0.15) is 0 Å². The zero-order chi connectivity index (χ0) is 13.9. The van der Waals surface area contributed by atoms with Gasteiger partial charge in [-0.05, 0) is 44.0 Å². The molecule has 108 valence electrons. The maximum atomic E-state index is 5.59. The third-order valence-electron chi connectivity index (χ3n) is 3.33. The minimum atomic E-state index is 0.418. The molecule has 1 atom stereocenters. The first-order valence-corrected chi connectivity index (χ1v) is 7.74. The number of unbranched alkanes of at least 4 members (excludes halogenated alkanes) is 3. The lowest BCUT2D eigenvalue weighted by Crippen LogP contribution is -2.19. The first-order chi connectivity index (χ1) is 9.27. The summed E-state index contributed by atoms with van der Waals surface area (Å²) < 4.78 is 5.59. The molecule has 0 radical (unpaired) electrons. The summed E-state index contributed by atoms with van der Waals surface area (Å²) in [6, 6.07) is 8.88. The Kier molecular flexibility index (Phi) is 8.31. The van der Waals surface area contributed by atoms with Gasteiger partial charge in [0.05, 0.1) is 6.61 Å². The number of hydrogen-bond donors (Lipinski definition) is 1. The van der Waals surface area contributed by atoms with E-state index in [2.05, 4.69) is 50.4 Å². The van der Waals surface area contributed by atoms with Gasteiger partial charge >= 0.3 is 0 Å². The molecular formula is C17H29NO. The van der Waals surface area contributed by atoms with Crippen LogP contribution in [0.5, 0.6) is 5.75 Å². The number of hydrogen-bond acceptors (Lipinski definition) is 2. The van der Waals surface area contributed by atoms with Gasteiger partial charge < -0.3 is 10.1 Å². The van der Waals surface area contributed by atoms with Gasteiger partial charge in [0, 0.05) is 6.04 Å². The molecule has 0 saturated carbocycles. The molecular weight excluding hydrogens is 234 g/mol. The molecule has 1 N–H and O–H groups in total. The molecule has 0 heterocycles. The lowest BCUT2D eigenvalue weighted by Gasteiger charge is -2.15.